The average molecular weight is 411 g/mol. The lowest BCUT2D eigenvalue weighted by Crippen LogP contribution is -2.02. The molecule has 0 aliphatic carbocycles. The van der Waals surface area contributed by atoms with Gasteiger partial charge in [0.15, 0.2) is 5.82 Å². The molecule has 5 rings (SSSR count). The summed E-state index contributed by atoms with van der Waals surface area (Å²) in [6.07, 6.45) is 4.47. The Morgan fingerprint density at radius 2 is 1.77 bits per heavy atom. The Bertz CT molecular complexity index is 1370. The number of hydrogen-bond acceptors (Lipinski definition) is 4. The van der Waals surface area contributed by atoms with E-state index in [1.165, 1.54) is 16.3 Å². The molecule has 0 radical (unpaired) electrons. The van der Waals surface area contributed by atoms with Crippen LogP contribution in [0, 0.1) is 0 Å². The van der Waals surface area contributed by atoms with Crippen LogP contribution in [0.1, 0.15) is 27.3 Å². The Morgan fingerprint density at radius 3 is 2.61 bits per heavy atom. The second-order valence-electron chi connectivity index (χ2n) is 7.60. The van der Waals surface area contributed by atoms with Crippen LogP contribution in [0.4, 0.5) is 0 Å². The van der Waals surface area contributed by atoms with Gasteiger partial charge in [0.1, 0.15) is 0 Å². The molecule has 0 unspecified atom stereocenters. The molecule has 0 aliphatic heterocycles. The van der Waals surface area contributed by atoms with Gasteiger partial charge >= 0.3 is 5.97 Å². The van der Waals surface area contributed by atoms with Crippen LogP contribution in [-0.2, 0) is 25.8 Å². The third-order valence-corrected chi connectivity index (χ3v) is 5.72. The summed E-state index contributed by atoms with van der Waals surface area (Å²) in [5.74, 6) is -0.261. The minimum atomic E-state index is -0.915. The number of aromatic nitrogens is 5. The fraction of sp³-hybridized carbons (Fsp3) is 0.167. The maximum Gasteiger partial charge on any atom is 0.335 e. The zero-order chi connectivity index (χ0) is 21.2. The molecule has 31 heavy (non-hydrogen) atoms. The third kappa shape index (κ3) is 3.77. The van der Waals surface area contributed by atoms with Crippen molar-refractivity contribution >= 4 is 27.6 Å². The Labute approximate surface area is 178 Å². The van der Waals surface area contributed by atoms with Crippen molar-refractivity contribution < 1.29 is 9.90 Å². The van der Waals surface area contributed by atoms with E-state index in [0.717, 1.165) is 29.3 Å². The fourth-order valence-corrected chi connectivity index (χ4v) is 4.18. The van der Waals surface area contributed by atoms with Crippen LogP contribution >= 0.6 is 0 Å². The fourth-order valence-electron chi connectivity index (χ4n) is 4.18. The molecule has 2 N–H and O–H groups in total. The van der Waals surface area contributed by atoms with E-state index in [0.29, 0.717) is 24.4 Å². The predicted octanol–water partition coefficient (Wildman–Crippen LogP) is 4.03. The van der Waals surface area contributed by atoms with E-state index in [4.69, 9.17) is 0 Å². The van der Waals surface area contributed by atoms with Gasteiger partial charge in [-0.3, -0.25) is 0 Å². The first kappa shape index (κ1) is 19.0. The van der Waals surface area contributed by atoms with Gasteiger partial charge < -0.3 is 9.67 Å². The van der Waals surface area contributed by atoms with Crippen molar-refractivity contribution in [3.05, 3.63) is 89.4 Å². The number of benzene rings is 3. The van der Waals surface area contributed by atoms with Crippen molar-refractivity contribution in [1.82, 2.24) is 25.2 Å². The molecule has 2 heterocycles. The smallest absolute Gasteiger partial charge is 0.335 e. The second-order valence-corrected chi connectivity index (χ2v) is 7.60. The molecule has 0 bridgehead atoms. The maximum atomic E-state index is 11.5. The molecule has 0 saturated heterocycles. The number of carboxylic acids is 1. The van der Waals surface area contributed by atoms with Crippen molar-refractivity contribution in [2.24, 2.45) is 0 Å². The van der Waals surface area contributed by atoms with Gasteiger partial charge in [0.2, 0.25) is 0 Å². The first-order chi connectivity index (χ1) is 15.2. The maximum absolute atomic E-state index is 11.5. The first-order valence-corrected chi connectivity index (χ1v) is 10.2. The number of nitrogens with one attached hydrogen (secondary N) is 1. The van der Waals surface area contributed by atoms with Crippen molar-refractivity contribution in [1.29, 1.82) is 0 Å². The van der Waals surface area contributed by atoms with Crippen LogP contribution in [0.25, 0.3) is 21.7 Å². The Hall–Kier alpha value is -4.00. The Morgan fingerprint density at radius 1 is 0.935 bits per heavy atom. The van der Waals surface area contributed by atoms with Gasteiger partial charge in [-0.2, -0.15) is 5.21 Å². The monoisotopic (exact) mass is 411 g/mol. The summed E-state index contributed by atoms with van der Waals surface area (Å²) in [5, 5.41) is 27.1. The van der Waals surface area contributed by atoms with Gasteiger partial charge in [0, 0.05) is 30.1 Å². The molecule has 0 saturated carbocycles. The summed E-state index contributed by atoms with van der Waals surface area (Å²) in [7, 11) is 0. The molecule has 7 nitrogen and oxygen atoms in total. The molecular formula is C24H21N5O2. The molecule has 2 aromatic heterocycles. The normalized spacial score (nSPS) is 11.4. The summed E-state index contributed by atoms with van der Waals surface area (Å²) >= 11 is 0. The summed E-state index contributed by atoms with van der Waals surface area (Å²) in [4.78, 5) is 11.5. The van der Waals surface area contributed by atoms with Gasteiger partial charge in [0.05, 0.1) is 5.56 Å². The Kier molecular flexibility index (Phi) is 4.92. The van der Waals surface area contributed by atoms with Crippen LogP contribution < -0.4 is 0 Å². The summed E-state index contributed by atoms with van der Waals surface area (Å²) in [6, 6.07) is 20.1. The molecule has 0 amide bonds. The molecule has 3 aromatic carbocycles. The molecular weight excluding hydrogens is 390 g/mol. The van der Waals surface area contributed by atoms with Crippen molar-refractivity contribution in [2.75, 3.05) is 0 Å². The summed E-state index contributed by atoms with van der Waals surface area (Å²) in [6.45, 7) is 0.691. The van der Waals surface area contributed by atoms with E-state index >= 15 is 0 Å². The van der Waals surface area contributed by atoms with Crippen LogP contribution in [0.3, 0.4) is 0 Å². The lowest BCUT2D eigenvalue weighted by atomic mass is 9.98. The number of hydrogen-bond donors (Lipinski definition) is 2. The first-order valence-electron chi connectivity index (χ1n) is 10.2. The lowest BCUT2D eigenvalue weighted by Gasteiger charge is -2.06. The largest absolute Gasteiger partial charge is 0.478 e. The minimum Gasteiger partial charge on any atom is -0.478 e. The predicted molar refractivity (Wildman–Crippen MR) is 118 cm³/mol. The third-order valence-electron chi connectivity index (χ3n) is 5.72. The molecule has 0 fully saturated rings. The van der Waals surface area contributed by atoms with Crippen molar-refractivity contribution in [2.45, 2.75) is 25.8 Å². The van der Waals surface area contributed by atoms with E-state index in [1.807, 2.05) is 6.07 Å². The lowest BCUT2D eigenvalue weighted by molar-refractivity contribution is 0.0697. The topological polar surface area (TPSA) is 96.7 Å². The highest BCUT2D eigenvalue weighted by Crippen LogP contribution is 2.26. The molecule has 0 spiro atoms. The zero-order valence-corrected chi connectivity index (χ0v) is 16.8. The summed E-state index contributed by atoms with van der Waals surface area (Å²) < 4.78 is 2.15. The van der Waals surface area contributed by atoms with Crippen LogP contribution in [0.5, 0.6) is 0 Å². The number of carbonyl (C=O) groups is 1. The number of carboxylic acid groups (broad SMARTS) is 1. The number of tetrazole rings is 1. The Balaban J connectivity index is 1.48. The van der Waals surface area contributed by atoms with Crippen molar-refractivity contribution in [3.8, 4) is 0 Å². The summed E-state index contributed by atoms with van der Waals surface area (Å²) in [5.41, 5.74) is 3.75. The number of fused-ring (bicyclic) bond motifs is 2. The van der Waals surface area contributed by atoms with Crippen molar-refractivity contribution in [3.63, 3.8) is 0 Å². The van der Waals surface area contributed by atoms with E-state index in [2.05, 4.69) is 73.9 Å². The number of H-pyrrole nitrogens is 1. The molecule has 5 aromatic rings. The van der Waals surface area contributed by atoms with Gasteiger partial charge in [-0.25, -0.2) is 4.79 Å². The van der Waals surface area contributed by atoms with E-state index in [-0.39, 0.29) is 0 Å². The minimum absolute atomic E-state index is 0.301. The standard InChI is InChI=1S/C24H21N5O2/c30-24(31)18-10-11-22-21(14-18)19(15-29(22)13-12-23-25-27-28-26-23)9-8-17-6-3-5-16-4-1-2-7-20(16)17/h1-7,10-11,14-15H,8-9,12-13H2,(H,30,31)(H,25,26,27,28). The van der Waals surface area contributed by atoms with Gasteiger partial charge in [-0.05, 0) is 52.9 Å². The highest BCUT2D eigenvalue weighted by atomic mass is 16.4. The molecule has 0 aliphatic rings. The number of aromatic carboxylic acids is 1. The van der Waals surface area contributed by atoms with E-state index in [1.54, 1.807) is 12.1 Å². The molecule has 7 heteroatoms. The average Bonchev–Trinajstić information content (AvgIpc) is 3.43. The number of aryl methyl sites for hydroxylation is 4. The van der Waals surface area contributed by atoms with Crippen LogP contribution in [0.2, 0.25) is 0 Å². The SMILES string of the molecule is O=C(O)c1ccc2c(c1)c(CCc1cccc3ccccc13)cn2CCc1nn[nH]n1. The van der Waals surface area contributed by atoms with Crippen LogP contribution in [-0.4, -0.2) is 36.3 Å². The zero-order valence-electron chi connectivity index (χ0n) is 16.8. The highest BCUT2D eigenvalue weighted by Gasteiger charge is 2.13. The van der Waals surface area contributed by atoms with Gasteiger partial charge in [0.25, 0.3) is 0 Å². The van der Waals surface area contributed by atoms with Crippen LogP contribution in [0.15, 0.2) is 66.9 Å². The van der Waals surface area contributed by atoms with E-state index in [9.17, 15) is 9.90 Å². The number of aromatic amines is 1. The quantitative estimate of drug-likeness (QED) is 0.421. The molecule has 154 valence electrons. The van der Waals surface area contributed by atoms with E-state index < -0.39 is 5.97 Å². The van der Waals surface area contributed by atoms with Gasteiger partial charge in [-0.15, -0.1) is 10.2 Å². The highest BCUT2D eigenvalue weighted by molar-refractivity contribution is 5.95. The van der Waals surface area contributed by atoms with Gasteiger partial charge in [-0.1, -0.05) is 47.7 Å². The number of nitrogens with zero attached hydrogens (tertiary/aromatic N) is 4. The number of rotatable bonds is 7. The second kappa shape index (κ2) is 8.02. The molecule has 0 atom stereocenters.